The summed E-state index contributed by atoms with van der Waals surface area (Å²) in [5, 5.41) is 16.9. The van der Waals surface area contributed by atoms with E-state index in [4.69, 9.17) is 0 Å². The standard InChI is InChI=1S/C26H28N6O8/c1-15(35)10-17(13-33)28-23(37)12-32-21-8-4-3-7-20(21)31(24(38)14-34)11-19(26(32)40)30-25(39)18-6-5-9-22(29-18)27-16(2)36/h3-9,13,17,19,34H,10-12,14H2,1-2H3,(H,28,37)(H,30,39)(H,27,29,36)/t17-,19-/m0/s1. The van der Waals surface area contributed by atoms with Gasteiger partial charge in [-0.05, 0) is 31.2 Å². The number of nitrogens with one attached hydrogen (secondary N) is 3. The molecule has 210 valence electrons. The highest BCUT2D eigenvalue weighted by Crippen LogP contribution is 2.33. The van der Waals surface area contributed by atoms with Crippen LogP contribution in [0.5, 0.6) is 0 Å². The molecule has 0 saturated carbocycles. The fraction of sp³-hybridized carbons (Fsp3) is 0.308. The van der Waals surface area contributed by atoms with Crippen molar-refractivity contribution in [1.82, 2.24) is 15.6 Å². The van der Waals surface area contributed by atoms with Gasteiger partial charge >= 0.3 is 0 Å². The minimum Gasteiger partial charge on any atom is -0.387 e. The second kappa shape index (κ2) is 13.2. The minimum atomic E-state index is -1.39. The number of hydrogen-bond acceptors (Lipinski definition) is 9. The van der Waals surface area contributed by atoms with Gasteiger partial charge in [0.1, 0.15) is 42.8 Å². The average Bonchev–Trinajstić information content (AvgIpc) is 3.02. The van der Waals surface area contributed by atoms with Crippen molar-refractivity contribution in [3.63, 3.8) is 0 Å². The molecule has 2 heterocycles. The van der Waals surface area contributed by atoms with E-state index in [0.29, 0.717) is 6.29 Å². The molecule has 0 unspecified atom stereocenters. The molecule has 14 nitrogen and oxygen atoms in total. The largest absolute Gasteiger partial charge is 0.387 e. The van der Waals surface area contributed by atoms with Gasteiger partial charge in [-0.3, -0.25) is 33.7 Å². The van der Waals surface area contributed by atoms with E-state index < -0.39 is 54.8 Å². The number of pyridine rings is 1. The Morgan fingerprint density at radius 1 is 1.07 bits per heavy atom. The number of fused-ring (bicyclic) bond motifs is 1. The van der Waals surface area contributed by atoms with Crippen LogP contribution in [0, 0.1) is 0 Å². The number of benzene rings is 1. The molecular weight excluding hydrogens is 524 g/mol. The maximum absolute atomic E-state index is 13.7. The molecule has 1 aromatic carbocycles. The topological polar surface area (TPSA) is 195 Å². The molecule has 40 heavy (non-hydrogen) atoms. The zero-order valence-corrected chi connectivity index (χ0v) is 21.7. The summed E-state index contributed by atoms with van der Waals surface area (Å²) in [5.74, 6) is -3.74. The lowest BCUT2D eigenvalue weighted by Crippen LogP contribution is -2.55. The van der Waals surface area contributed by atoms with Gasteiger partial charge in [-0.2, -0.15) is 0 Å². The van der Waals surface area contributed by atoms with Crippen LogP contribution in [-0.2, 0) is 28.8 Å². The smallest absolute Gasteiger partial charge is 0.270 e. The number of amides is 5. The Bertz CT molecular complexity index is 1350. The molecular formula is C26H28N6O8. The van der Waals surface area contributed by atoms with E-state index in [1.807, 2.05) is 0 Å². The zero-order valence-electron chi connectivity index (χ0n) is 21.7. The van der Waals surface area contributed by atoms with E-state index >= 15 is 0 Å². The average molecular weight is 553 g/mol. The fourth-order valence-electron chi connectivity index (χ4n) is 4.06. The van der Waals surface area contributed by atoms with Gasteiger partial charge in [0.25, 0.3) is 17.7 Å². The number of anilines is 3. The highest BCUT2D eigenvalue weighted by atomic mass is 16.3. The van der Waals surface area contributed by atoms with Crippen molar-refractivity contribution in [3.05, 3.63) is 48.2 Å². The van der Waals surface area contributed by atoms with Crippen LogP contribution in [0.3, 0.4) is 0 Å². The van der Waals surface area contributed by atoms with Crippen LogP contribution in [-0.4, -0.2) is 83.5 Å². The van der Waals surface area contributed by atoms with Crippen LogP contribution in [0.2, 0.25) is 0 Å². The third kappa shape index (κ3) is 7.32. The molecule has 14 heteroatoms. The number of aldehydes is 1. The highest BCUT2D eigenvalue weighted by molar-refractivity contribution is 6.11. The summed E-state index contributed by atoms with van der Waals surface area (Å²) in [5.41, 5.74) is 0.199. The predicted octanol–water partition coefficient (Wildman–Crippen LogP) is -0.827. The molecule has 2 atom stereocenters. The molecule has 2 aromatic rings. The van der Waals surface area contributed by atoms with Gasteiger partial charge in [0.2, 0.25) is 11.8 Å². The van der Waals surface area contributed by atoms with E-state index in [1.165, 1.54) is 44.2 Å². The van der Waals surface area contributed by atoms with Gasteiger partial charge in [0.15, 0.2) is 0 Å². The molecule has 4 N–H and O–H groups in total. The number of carbonyl (C=O) groups is 7. The van der Waals surface area contributed by atoms with Crippen molar-refractivity contribution in [2.75, 3.05) is 34.8 Å². The van der Waals surface area contributed by atoms with Crippen LogP contribution < -0.4 is 25.8 Å². The minimum absolute atomic E-state index is 0.102. The van der Waals surface area contributed by atoms with Crippen LogP contribution in [0.25, 0.3) is 0 Å². The quantitative estimate of drug-likeness (QED) is 0.272. The lowest BCUT2D eigenvalue weighted by Gasteiger charge is -2.25. The summed E-state index contributed by atoms with van der Waals surface area (Å²) in [7, 11) is 0. The zero-order chi connectivity index (χ0) is 29.4. The molecule has 1 aromatic heterocycles. The second-order valence-electron chi connectivity index (χ2n) is 8.91. The maximum atomic E-state index is 13.7. The number of carbonyl (C=O) groups excluding carboxylic acids is 7. The molecule has 0 bridgehead atoms. The summed E-state index contributed by atoms with van der Waals surface area (Å²) in [4.78, 5) is 92.7. The lowest BCUT2D eigenvalue weighted by molar-refractivity contribution is -0.127. The molecule has 3 rings (SSSR count). The van der Waals surface area contributed by atoms with Crippen LogP contribution >= 0.6 is 0 Å². The molecule has 1 aliphatic rings. The number of hydrogen-bond donors (Lipinski definition) is 4. The van der Waals surface area contributed by atoms with Gasteiger partial charge in [0.05, 0.1) is 24.0 Å². The molecule has 5 amide bonds. The van der Waals surface area contributed by atoms with Crippen molar-refractivity contribution in [3.8, 4) is 0 Å². The van der Waals surface area contributed by atoms with Crippen molar-refractivity contribution < 1.29 is 38.7 Å². The Hall–Kier alpha value is -4.98. The van der Waals surface area contributed by atoms with Gasteiger partial charge in [-0.15, -0.1) is 0 Å². The van der Waals surface area contributed by atoms with Crippen molar-refractivity contribution >= 4 is 58.8 Å². The van der Waals surface area contributed by atoms with E-state index in [-0.39, 0.29) is 41.6 Å². The lowest BCUT2D eigenvalue weighted by atomic mass is 10.1. The first-order chi connectivity index (χ1) is 19.0. The Balaban J connectivity index is 1.95. The van der Waals surface area contributed by atoms with E-state index in [2.05, 4.69) is 20.9 Å². The van der Waals surface area contributed by atoms with Gasteiger partial charge in [-0.1, -0.05) is 18.2 Å². The first kappa shape index (κ1) is 29.6. The fourth-order valence-corrected chi connectivity index (χ4v) is 4.06. The monoisotopic (exact) mass is 552 g/mol. The van der Waals surface area contributed by atoms with E-state index in [1.54, 1.807) is 12.1 Å². The Morgan fingerprint density at radius 3 is 2.40 bits per heavy atom. The van der Waals surface area contributed by atoms with Gasteiger partial charge < -0.3 is 30.8 Å². The number of aliphatic hydroxyl groups excluding tert-OH is 1. The van der Waals surface area contributed by atoms with Gasteiger partial charge in [0, 0.05) is 13.3 Å². The first-order valence-corrected chi connectivity index (χ1v) is 12.1. The van der Waals surface area contributed by atoms with Crippen molar-refractivity contribution in [2.24, 2.45) is 0 Å². The van der Waals surface area contributed by atoms with E-state index in [0.717, 1.165) is 9.80 Å². The Kier molecular flexibility index (Phi) is 9.76. The summed E-state index contributed by atoms with van der Waals surface area (Å²) >= 11 is 0. The predicted molar refractivity (Wildman–Crippen MR) is 141 cm³/mol. The number of aromatic nitrogens is 1. The molecule has 1 aliphatic heterocycles. The summed E-state index contributed by atoms with van der Waals surface area (Å²) in [6.07, 6.45) is 0.173. The van der Waals surface area contributed by atoms with Gasteiger partial charge in [-0.25, -0.2) is 4.98 Å². The number of aliphatic hydroxyl groups is 1. The third-order valence-electron chi connectivity index (χ3n) is 5.74. The number of para-hydroxylation sites is 2. The van der Waals surface area contributed by atoms with Crippen LogP contribution in [0.4, 0.5) is 17.2 Å². The maximum Gasteiger partial charge on any atom is 0.270 e. The molecule has 0 saturated heterocycles. The molecule has 0 radical (unpaired) electrons. The SMILES string of the molecule is CC(=O)C[C@@H](C=O)NC(=O)CN1C(=O)[C@@H](NC(=O)c2cccc(NC(C)=O)n2)CN(C(=O)CO)c2ccccc21. The Labute approximate surface area is 228 Å². The van der Waals surface area contributed by atoms with Crippen LogP contribution in [0.1, 0.15) is 30.8 Å². The number of rotatable bonds is 10. The second-order valence-corrected chi connectivity index (χ2v) is 8.91. The highest BCUT2D eigenvalue weighted by Gasteiger charge is 2.38. The Morgan fingerprint density at radius 2 is 1.77 bits per heavy atom. The molecule has 0 fully saturated rings. The van der Waals surface area contributed by atoms with Crippen molar-refractivity contribution in [1.29, 1.82) is 0 Å². The number of nitrogens with zero attached hydrogens (tertiary/aromatic N) is 3. The molecule has 0 spiro atoms. The van der Waals surface area contributed by atoms with E-state index in [9.17, 15) is 38.7 Å². The summed E-state index contributed by atoms with van der Waals surface area (Å²) < 4.78 is 0. The third-order valence-corrected chi connectivity index (χ3v) is 5.74. The van der Waals surface area contributed by atoms with Crippen molar-refractivity contribution in [2.45, 2.75) is 32.4 Å². The number of Topliss-reactive ketones (excluding diaryl/α,β-unsaturated/α-hetero) is 1. The summed E-state index contributed by atoms with van der Waals surface area (Å²) in [6.45, 7) is 0.646. The molecule has 0 aliphatic carbocycles. The summed E-state index contributed by atoms with van der Waals surface area (Å²) in [6, 6.07) is 7.94. The normalized spacial score (nSPS) is 15.3. The first-order valence-electron chi connectivity index (χ1n) is 12.1. The van der Waals surface area contributed by atoms with Crippen LogP contribution in [0.15, 0.2) is 42.5 Å². The number of ketones is 1.